The Morgan fingerprint density at radius 2 is 1.39 bits per heavy atom. The van der Waals surface area contributed by atoms with E-state index in [4.69, 9.17) is 4.74 Å². The molecule has 2 atom stereocenters. The third-order valence-electron chi connectivity index (χ3n) is 10.7. The predicted molar refractivity (Wildman–Crippen MR) is 134 cm³/mol. The first-order chi connectivity index (χ1) is 15.8. The van der Waals surface area contributed by atoms with E-state index in [1.807, 2.05) is 0 Å². The van der Waals surface area contributed by atoms with E-state index in [2.05, 4.69) is 37.7 Å². The minimum Gasteiger partial charge on any atom is -0.443 e. The molecule has 33 heavy (non-hydrogen) atoms. The van der Waals surface area contributed by atoms with Crippen molar-refractivity contribution in [3.05, 3.63) is 0 Å². The van der Waals surface area contributed by atoms with Gasteiger partial charge in [-0.25, -0.2) is 4.79 Å². The third kappa shape index (κ3) is 4.71. The lowest BCUT2D eigenvalue weighted by Gasteiger charge is -2.61. The van der Waals surface area contributed by atoms with Gasteiger partial charge in [-0.1, -0.05) is 32.1 Å². The highest BCUT2D eigenvalue weighted by Crippen LogP contribution is 2.64. The molecular formula is C29H50N2O2. The minimum absolute atomic E-state index is 0.0262. The standard InChI is InChI=1S/C29H50N2O2/c1-28(2,29-17-21-14-22(18-29)16-23(15-21)19-29)33-27(32)31(25-11-6-5-7-12-25)26-13-9-8-10-24(26)20-30(3)4/h21-26H,5-20H2,1-4H3. The Balaban J connectivity index is 1.37. The van der Waals surface area contributed by atoms with Crippen molar-refractivity contribution in [3.8, 4) is 0 Å². The maximum absolute atomic E-state index is 14.2. The Morgan fingerprint density at radius 1 is 0.848 bits per heavy atom. The van der Waals surface area contributed by atoms with Crippen LogP contribution in [0.5, 0.6) is 0 Å². The maximum atomic E-state index is 14.2. The Morgan fingerprint density at radius 3 is 1.97 bits per heavy atom. The summed E-state index contributed by atoms with van der Waals surface area (Å²) in [6, 6.07) is 0.732. The fraction of sp³-hybridized carbons (Fsp3) is 0.966. The topological polar surface area (TPSA) is 32.8 Å². The van der Waals surface area contributed by atoms with Gasteiger partial charge in [0.15, 0.2) is 0 Å². The number of hydrogen-bond donors (Lipinski definition) is 0. The fourth-order valence-electron chi connectivity index (χ4n) is 9.38. The fourth-order valence-corrected chi connectivity index (χ4v) is 9.38. The van der Waals surface area contributed by atoms with Crippen molar-refractivity contribution in [1.29, 1.82) is 0 Å². The van der Waals surface area contributed by atoms with Crippen LogP contribution in [-0.2, 0) is 4.74 Å². The first-order valence-corrected chi connectivity index (χ1v) is 14.4. The SMILES string of the molecule is CN(C)CC1CCCCC1N(C(=O)OC(C)(C)C12CC3CC(CC(C3)C1)C2)C1CCCCC1. The number of amides is 1. The molecule has 0 aromatic rings. The molecule has 6 saturated carbocycles. The number of nitrogens with zero attached hydrogens (tertiary/aromatic N) is 2. The van der Waals surface area contributed by atoms with E-state index < -0.39 is 0 Å². The zero-order valence-electron chi connectivity index (χ0n) is 22.0. The van der Waals surface area contributed by atoms with E-state index in [-0.39, 0.29) is 17.1 Å². The van der Waals surface area contributed by atoms with E-state index >= 15 is 0 Å². The highest BCUT2D eigenvalue weighted by atomic mass is 16.6. The zero-order valence-corrected chi connectivity index (χ0v) is 22.0. The molecule has 0 saturated heterocycles. The van der Waals surface area contributed by atoms with Gasteiger partial charge < -0.3 is 14.5 Å². The summed E-state index contributed by atoms with van der Waals surface area (Å²) in [6.07, 6.45) is 19.3. The molecule has 188 valence electrons. The van der Waals surface area contributed by atoms with Crippen LogP contribution in [0.3, 0.4) is 0 Å². The number of carbonyl (C=O) groups is 1. The minimum atomic E-state index is -0.362. The highest BCUT2D eigenvalue weighted by Gasteiger charge is 2.59. The molecule has 6 fully saturated rings. The summed E-state index contributed by atoms with van der Waals surface area (Å²) in [5, 5.41) is 0. The van der Waals surface area contributed by atoms with Crippen LogP contribution in [0.1, 0.15) is 110 Å². The number of rotatable bonds is 6. The molecule has 4 heteroatoms. The van der Waals surface area contributed by atoms with Crippen molar-refractivity contribution < 1.29 is 9.53 Å². The first-order valence-electron chi connectivity index (χ1n) is 14.4. The van der Waals surface area contributed by atoms with Gasteiger partial charge in [0.05, 0.1) is 0 Å². The van der Waals surface area contributed by atoms with Crippen LogP contribution in [0.2, 0.25) is 0 Å². The maximum Gasteiger partial charge on any atom is 0.410 e. The molecule has 0 heterocycles. The van der Waals surface area contributed by atoms with Crippen LogP contribution in [0.25, 0.3) is 0 Å². The summed E-state index contributed by atoms with van der Waals surface area (Å²) in [7, 11) is 4.37. The normalized spacial score (nSPS) is 39.1. The lowest BCUT2D eigenvalue weighted by atomic mass is 9.46. The van der Waals surface area contributed by atoms with E-state index in [1.165, 1.54) is 77.0 Å². The average Bonchev–Trinajstić information content (AvgIpc) is 2.74. The molecule has 0 aliphatic heterocycles. The van der Waals surface area contributed by atoms with Crippen LogP contribution in [0.4, 0.5) is 4.79 Å². The lowest BCUT2D eigenvalue weighted by Crippen LogP contribution is -2.60. The molecule has 0 aromatic carbocycles. The van der Waals surface area contributed by atoms with Crippen LogP contribution in [-0.4, -0.2) is 54.2 Å². The van der Waals surface area contributed by atoms with Crippen LogP contribution < -0.4 is 0 Å². The molecular weight excluding hydrogens is 408 g/mol. The average molecular weight is 459 g/mol. The summed E-state index contributed by atoms with van der Waals surface area (Å²) in [5.41, 5.74) is -0.149. The Kier molecular flexibility index (Phi) is 6.79. The molecule has 0 spiro atoms. The zero-order chi connectivity index (χ0) is 23.2. The van der Waals surface area contributed by atoms with Crippen molar-refractivity contribution in [2.24, 2.45) is 29.1 Å². The van der Waals surface area contributed by atoms with E-state index in [1.54, 1.807) is 0 Å². The van der Waals surface area contributed by atoms with E-state index in [9.17, 15) is 4.79 Å². The Bertz CT molecular complexity index is 660. The Labute approximate surface area is 203 Å². The van der Waals surface area contributed by atoms with Gasteiger partial charge in [0, 0.05) is 24.0 Å². The monoisotopic (exact) mass is 458 g/mol. The van der Waals surface area contributed by atoms with Crippen LogP contribution in [0, 0.1) is 29.1 Å². The Hall–Kier alpha value is -0.770. The summed E-state index contributed by atoms with van der Waals surface area (Å²) in [5.74, 6) is 3.22. The first kappa shape index (κ1) is 23.9. The molecule has 6 aliphatic carbocycles. The van der Waals surface area contributed by atoms with Gasteiger partial charge in [0.25, 0.3) is 0 Å². The summed E-state index contributed by atoms with van der Waals surface area (Å²) in [4.78, 5) is 18.8. The van der Waals surface area contributed by atoms with E-state index in [0.717, 1.165) is 43.6 Å². The smallest absolute Gasteiger partial charge is 0.410 e. The second-order valence-electron chi connectivity index (χ2n) is 13.6. The second kappa shape index (κ2) is 9.36. The van der Waals surface area contributed by atoms with Gasteiger partial charge in [-0.05, 0) is 116 Å². The molecule has 2 unspecified atom stereocenters. The molecule has 4 bridgehead atoms. The van der Waals surface area contributed by atoms with Crippen molar-refractivity contribution in [2.75, 3.05) is 20.6 Å². The molecule has 6 rings (SSSR count). The predicted octanol–water partition coefficient (Wildman–Crippen LogP) is 6.87. The lowest BCUT2D eigenvalue weighted by molar-refractivity contribution is -0.169. The van der Waals surface area contributed by atoms with Crippen molar-refractivity contribution in [2.45, 2.75) is 128 Å². The molecule has 0 N–H and O–H groups in total. The van der Waals surface area contributed by atoms with E-state index in [0.29, 0.717) is 18.0 Å². The molecule has 4 nitrogen and oxygen atoms in total. The van der Waals surface area contributed by atoms with Crippen molar-refractivity contribution in [1.82, 2.24) is 9.80 Å². The van der Waals surface area contributed by atoms with Gasteiger partial charge >= 0.3 is 6.09 Å². The van der Waals surface area contributed by atoms with Gasteiger partial charge in [-0.15, -0.1) is 0 Å². The summed E-state index contributed by atoms with van der Waals surface area (Å²) >= 11 is 0. The van der Waals surface area contributed by atoms with Gasteiger partial charge in [-0.3, -0.25) is 0 Å². The van der Waals surface area contributed by atoms with Crippen LogP contribution >= 0.6 is 0 Å². The number of hydrogen-bond acceptors (Lipinski definition) is 3. The van der Waals surface area contributed by atoms with Crippen molar-refractivity contribution >= 4 is 6.09 Å². The van der Waals surface area contributed by atoms with Crippen LogP contribution in [0.15, 0.2) is 0 Å². The molecule has 1 amide bonds. The summed E-state index contributed by atoms with van der Waals surface area (Å²) in [6.45, 7) is 5.63. The largest absolute Gasteiger partial charge is 0.443 e. The number of ether oxygens (including phenoxy) is 1. The van der Waals surface area contributed by atoms with Gasteiger partial charge in [-0.2, -0.15) is 0 Å². The highest BCUT2D eigenvalue weighted by molar-refractivity contribution is 5.69. The summed E-state index contributed by atoms with van der Waals surface area (Å²) < 4.78 is 6.72. The quantitative estimate of drug-likeness (QED) is 0.435. The molecule has 0 radical (unpaired) electrons. The molecule has 0 aromatic heterocycles. The molecule has 6 aliphatic rings. The van der Waals surface area contributed by atoms with Gasteiger partial charge in [0.2, 0.25) is 0 Å². The second-order valence-corrected chi connectivity index (χ2v) is 13.6. The third-order valence-corrected chi connectivity index (χ3v) is 10.7. The van der Waals surface area contributed by atoms with Crippen molar-refractivity contribution in [3.63, 3.8) is 0 Å². The number of carbonyl (C=O) groups excluding carboxylic acids is 1. The van der Waals surface area contributed by atoms with Gasteiger partial charge in [0.1, 0.15) is 5.60 Å².